The van der Waals surface area contributed by atoms with E-state index in [0.717, 1.165) is 19.3 Å². The molecule has 1 N–H and O–H groups in total. The summed E-state index contributed by atoms with van der Waals surface area (Å²) in [4.78, 5) is 11.2. The molecule has 0 saturated heterocycles. The van der Waals surface area contributed by atoms with Gasteiger partial charge in [0.05, 0.1) is 0 Å². The normalized spacial score (nSPS) is 27.6. The van der Waals surface area contributed by atoms with Gasteiger partial charge in [-0.2, -0.15) is 0 Å². The van der Waals surface area contributed by atoms with Crippen LogP contribution in [0.15, 0.2) is 11.6 Å². The molecular formula is C17H30O2. The van der Waals surface area contributed by atoms with Gasteiger partial charge in [0.25, 0.3) is 0 Å². The predicted molar refractivity (Wildman–Crippen MR) is 80.3 cm³/mol. The summed E-state index contributed by atoms with van der Waals surface area (Å²) in [5.74, 6) is -0.299. The summed E-state index contributed by atoms with van der Waals surface area (Å²) >= 11 is 0. The fourth-order valence-corrected chi connectivity index (χ4v) is 2.88. The average Bonchev–Trinajstić information content (AvgIpc) is 2.38. The first-order valence-corrected chi connectivity index (χ1v) is 8.14. The van der Waals surface area contributed by atoms with E-state index in [1.54, 1.807) is 0 Å². The quantitative estimate of drug-likeness (QED) is 0.696. The number of carboxylic acids is 1. The monoisotopic (exact) mass is 266 g/mol. The molecule has 110 valence electrons. The van der Waals surface area contributed by atoms with Crippen LogP contribution in [0.2, 0.25) is 0 Å². The average molecular weight is 266 g/mol. The molecule has 2 heteroatoms. The van der Waals surface area contributed by atoms with Gasteiger partial charge in [-0.1, -0.05) is 70.8 Å². The fraction of sp³-hybridized carbons (Fsp3) is 0.824. The van der Waals surface area contributed by atoms with E-state index in [2.05, 4.69) is 6.92 Å². The molecule has 0 aromatic carbocycles. The largest absolute Gasteiger partial charge is 0.478 e. The van der Waals surface area contributed by atoms with Crippen molar-refractivity contribution in [3.63, 3.8) is 0 Å². The molecule has 19 heavy (non-hydrogen) atoms. The van der Waals surface area contributed by atoms with Gasteiger partial charge >= 0.3 is 5.97 Å². The maximum absolute atomic E-state index is 11.2. The smallest absolute Gasteiger partial charge is 0.331 e. The first-order valence-electron chi connectivity index (χ1n) is 8.14. The zero-order valence-corrected chi connectivity index (χ0v) is 12.5. The van der Waals surface area contributed by atoms with Gasteiger partial charge in [0.2, 0.25) is 0 Å². The third-order valence-corrected chi connectivity index (χ3v) is 4.12. The van der Waals surface area contributed by atoms with Crippen molar-refractivity contribution in [1.82, 2.24) is 0 Å². The number of hydrogen-bond acceptors (Lipinski definition) is 1. The minimum Gasteiger partial charge on any atom is -0.478 e. The summed E-state index contributed by atoms with van der Waals surface area (Å²) in [6.07, 6.45) is 16.7. The lowest BCUT2D eigenvalue weighted by atomic mass is 9.97. The number of allylic oxidation sites excluding steroid dienone is 1. The molecule has 1 unspecified atom stereocenters. The minimum absolute atomic E-state index is 0.413. The molecule has 0 aromatic heterocycles. The first kappa shape index (κ1) is 16.3. The summed E-state index contributed by atoms with van der Waals surface area (Å²) in [5.41, 5.74) is 0.641. The van der Waals surface area contributed by atoms with Crippen molar-refractivity contribution in [3.05, 3.63) is 11.6 Å². The minimum atomic E-state index is -0.712. The number of rotatable bonds is 1. The van der Waals surface area contributed by atoms with Crippen LogP contribution in [0.5, 0.6) is 0 Å². The first-order chi connectivity index (χ1) is 9.20. The Morgan fingerprint density at radius 3 is 1.95 bits per heavy atom. The van der Waals surface area contributed by atoms with Crippen molar-refractivity contribution in [2.75, 3.05) is 0 Å². The zero-order valence-electron chi connectivity index (χ0n) is 12.5. The molecule has 1 aliphatic rings. The Morgan fingerprint density at radius 1 is 0.947 bits per heavy atom. The summed E-state index contributed by atoms with van der Waals surface area (Å²) in [7, 11) is 0. The van der Waals surface area contributed by atoms with Crippen molar-refractivity contribution >= 4 is 5.97 Å². The van der Waals surface area contributed by atoms with Gasteiger partial charge in [0.1, 0.15) is 0 Å². The van der Waals surface area contributed by atoms with Crippen LogP contribution in [0, 0.1) is 5.92 Å². The number of carboxylic acid groups (broad SMARTS) is 1. The van der Waals surface area contributed by atoms with Crippen LogP contribution in [-0.2, 0) is 4.79 Å². The SMILES string of the molecule is CC1/C=C(\C(=O)O)CCCCCCCCCCCC1. The molecule has 1 aliphatic carbocycles. The van der Waals surface area contributed by atoms with Gasteiger partial charge in [0.15, 0.2) is 0 Å². The Kier molecular flexibility index (Phi) is 8.61. The van der Waals surface area contributed by atoms with E-state index in [4.69, 9.17) is 0 Å². The molecule has 0 aliphatic heterocycles. The van der Waals surface area contributed by atoms with E-state index in [1.165, 1.54) is 57.8 Å². The highest BCUT2D eigenvalue weighted by molar-refractivity contribution is 5.86. The molecule has 0 aromatic rings. The molecule has 1 atom stereocenters. The number of hydrogen-bond donors (Lipinski definition) is 1. The molecule has 0 heterocycles. The van der Waals surface area contributed by atoms with E-state index >= 15 is 0 Å². The van der Waals surface area contributed by atoms with Crippen molar-refractivity contribution in [2.45, 2.75) is 84.0 Å². The van der Waals surface area contributed by atoms with Crippen LogP contribution in [0.25, 0.3) is 0 Å². The Balaban J connectivity index is 2.49. The van der Waals surface area contributed by atoms with Crippen molar-refractivity contribution in [2.24, 2.45) is 5.92 Å². The van der Waals surface area contributed by atoms with Gasteiger partial charge in [-0.15, -0.1) is 0 Å². The highest BCUT2D eigenvalue weighted by atomic mass is 16.4. The molecule has 0 radical (unpaired) electrons. The highest BCUT2D eigenvalue weighted by Crippen LogP contribution is 2.19. The van der Waals surface area contributed by atoms with E-state index in [1.807, 2.05) is 6.08 Å². The van der Waals surface area contributed by atoms with Gasteiger partial charge in [-0.25, -0.2) is 4.79 Å². The van der Waals surface area contributed by atoms with Gasteiger partial charge in [-0.3, -0.25) is 0 Å². The van der Waals surface area contributed by atoms with Crippen LogP contribution in [0.4, 0.5) is 0 Å². The van der Waals surface area contributed by atoms with Crippen LogP contribution in [0.1, 0.15) is 84.0 Å². The Labute approximate surface area is 118 Å². The Hall–Kier alpha value is -0.790. The van der Waals surface area contributed by atoms with Crippen LogP contribution in [-0.4, -0.2) is 11.1 Å². The van der Waals surface area contributed by atoms with Gasteiger partial charge in [-0.05, 0) is 25.2 Å². The molecular weight excluding hydrogens is 236 g/mol. The fourth-order valence-electron chi connectivity index (χ4n) is 2.88. The van der Waals surface area contributed by atoms with Crippen LogP contribution < -0.4 is 0 Å². The van der Waals surface area contributed by atoms with Crippen molar-refractivity contribution in [3.8, 4) is 0 Å². The number of carbonyl (C=O) groups is 1. The second-order valence-corrected chi connectivity index (χ2v) is 6.05. The summed E-state index contributed by atoms with van der Waals surface area (Å²) in [5, 5.41) is 9.24. The lowest BCUT2D eigenvalue weighted by Crippen LogP contribution is -2.03. The van der Waals surface area contributed by atoms with Crippen molar-refractivity contribution < 1.29 is 9.90 Å². The molecule has 0 saturated carbocycles. The third kappa shape index (κ3) is 8.07. The number of aliphatic carboxylic acids is 1. The van der Waals surface area contributed by atoms with Gasteiger partial charge < -0.3 is 5.11 Å². The van der Waals surface area contributed by atoms with E-state index in [9.17, 15) is 9.90 Å². The molecule has 0 amide bonds. The summed E-state index contributed by atoms with van der Waals surface area (Å²) < 4.78 is 0. The molecule has 0 spiro atoms. The lowest BCUT2D eigenvalue weighted by Gasteiger charge is -2.09. The van der Waals surface area contributed by atoms with E-state index < -0.39 is 5.97 Å². The van der Waals surface area contributed by atoms with E-state index in [-0.39, 0.29) is 0 Å². The predicted octanol–water partition coefficient (Wildman–Crippen LogP) is 5.33. The summed E-state index contributed by atoms with van der Waals surface area (Å²) in [6.45, 7) is 2.15. The highest BCUT2D eigenvalue weighted by Gasteiger charge is 2.09. The Morgan fingerprint density at radius 2 is 1.42 bits per heavy atom. The van der Waals surface area contributed by atoms with Crippen LogP contribution >= 0.6 is 0 Å². The van der Waals surface area contributed by atoms with Crippen molar-refractivity contribution in [1.29, 1.82) is 0 Å². The Bertz CT molecular complexity index is 281. The van der Waals surface area contributed by atoms with E-state index in [0.29, 0.717) is 11.5 Å². The standard InChI is InChI=1S/C17H30O2/c1-15-12-10-8-6-4-2-3-5-7-9-11-13-16(14-15)17(18)19/h14-15H,2-13H2,1H3,(H,18,19)/b16-14-. The van der Waals surface area contributed by atoms with Gasteiger partial charge in [0, 0.05) is 5.57 Å². The molecule has 2 nitrogen and oxygen atoms in total. The topological polar surface area (TPSA) is 37.3 Å². The molecule has 0 bridgehead atoms. The zero-order chi connectivity index (χ0) is 13.9. The molecule has 0 fully saturated rings. The third-order valence-electron chi connectivity index (χ3n) is 4.12. The maximum atomic E-state index is 11.2. The molecule has 1 rings (SSSR count). The maximum Gasteiger partial charge on any atom is 0.331 e. The van der Waals surface area contributed by atoms with Crippen LogP contribution in [0.3, 0.4) is 0 Å². The lowest BCUT2D eigenvalue weighted by molar-refractivity contribution is -0.132. The second-order valence-electron chi connectivity index (χ2n) is 6.05. The second kappa shape index (κ2) is 10.1. The summed E-state index contributed by atoms with van der Waals surface area (Å²) in [6, 6.07) is 0.